The van der Waals surface area contributed by atoms with Gasteiger partial charge in [0.15, 0.2) is 11.6 Å². The molecule has 1 atom stereocenters. The van der Waals surface area contributed by atoms with Crippen LogP contribution in [0, 0.1) is 5.82 Å². The first kappa shape index (κ1) is 14.9. The van der Waals surface area contributed by atoms with E-state index >= 15 is 0 Å². The molecule has 18 heavy (non-hydrogen) atoms. The fourth-order valence-electron chi connectivity index (χ4n) is 1.45. The Bertz CT molecular complexity index is 353. The van der Waals surface area contributed by atoms with Crippen molar-refractivity contribution in [3.63, 3.8) is 0 Å². The minimum absolute atomic E-state index is 0.193. The molecule has 1 unspecified atom stereocenters. The SMILES string of the molecule is CCCCOCCOc1ccc(C(C)O)cc1F. The maximum absolute atomic E-state index is 13.6. The third-order valence-corrected chi connectivity index (χ3v) is 2.57. The molecule has 1 aromatic rings. The van der Waals surface area contributed by atoms with E-state index in [-0.39, 0.29) is 5.75 Å². The van der Waals surface area contributed by atoms with Crippen LogP contribution in [0.25, 0.3) is 0 Å². The molecule has 0 bridgehead atoms. The van der Waals surface area contributed by atoms with Crippen molar-refractivity contribution in [3.8, 4) is 5.75 Å². The van der Waals surface area contributed by atoms with E-state index in [1.807, 2.05) is 0 Å². The largest absolute Gasteiger partial charge is 0.488 e. The molecule has 0 saturated heterocycles. The van der Waals surface area contributed by atoms with Gasteiger partial charge in [-0.3, -0.25) is 0 Å². The summed E-state index contributed by atoms with van der Waals surface area (Å²) >= 11 is 0. The molecule has 0 aliphatic carbocycles. The number of hydrogen-bond donors (Lipinski definition) is 1. The predicted molar refractivity (Wildman–Crippen MR) is 68.3 cm³/mol. The zero-order chi connectivity index (χ0) is 13.4. The highest BCUT2D eigenvalue weighted by Crippen LogP contribution is 2.21. The summed E-state index contributed by atoms with van der Waals surface area (Å²) in [5.74, 6) is -0.263. The fraction of sp³-hybridized carbons (Fsp3) is 0.571. The Morgan fingerprint density at radius 3 is 2.67 bits per heavy atom. The van der Waals surface area contributed by atoms with Gasteiger partial charge in [-0.1, -0.05) is 19.4 Å². The molecule has 0 amide bonds. The van der Waals surface area contributed by atoms with E-state index in [2.05, 4.69) is 6.92 Å². The van der Waals surface area contributed by atoms with Crippen LogP contribution in [0.1, 0.15) is 38.4 Å². The normalized spacial score (nSPS) is 12.4. The summed E-state index contributed by atoms with van der Waals surface area (Å²) in [6.07, 6.45) is 1.44. The molecule has 0 aliphatic rings. The Morgan fingerprint density at radius 1 is 1.28 bits per heavy atom. The Hall–Kier alpha value is -1.13. The number of hydrogen-bond acceptors (Lipinski definition) is 3. The van der Waals surface area contributed by atoms with Gasteiger partial charge in [0.1, 0.15) is 6.61 Å². The molecule has 3 nitrogen and oxygen atoms in total. The Balaban J connectivity index is 2.34. The highest BCUT2D eigenvalue weighted by atomic mass is 19.1. The quantitative estimate of drug-likeness (QED) is 0.726. The van der Waals surface area contributed by atoms with Crippen molar-refractivity contribution in [2.45, 2.75) is 32.8 Å². The van der Waals surface area contributed by atoms with Gasteiger partial charge in [0.25, 0.3) is 0 Å². The fourth-order valence-corrected chi connectivity index (χ4v) is 1.45. The van der Waals surface area contributed by atoms with E-state index < -0.39 is 11.9 Å². The zero-order valence-electron chi connectivity index (χ0n) is 11.0. The molecule has 0 aromatic heterocycles. The van der Waals surface area contributed by atoms with Gasteiger partial charge in [-0.15, -0.1) is 0 Å². The second-order valence-corrected chi connectivity index (χ2v) is 4.18. The number of unbranched alkanes of at least 4 members (excludes halogenated alkanes) is 1. The second kappa shape index (κ2) is 8.06. The molecule has 0 spiro atoms. The van der Waals surface area contributed by atoms with Crippen LogP contribution in [0.4, 0.5) is 4.39 Å². The lowest BCUT2D eigenvalue weighted by molar-refractivity contribution is 0.0966. The highest BCUT2D eigenvalue weighted by molar-refractivity contribution is 5.30. The predicted octanol–water partition coefficient (Wildman–Crippen LogP) is 3.07. The monoisotopic (exact) mass is 256 g/mol. The smallest absolute Gasteiger partial charge is 0.165 e. The van der Waals surface area contributed by atoms with Gasteiger partial charge in [-0.2, -0.15) is 0 Å². The van der Waals surface area contributed by atoms with Crippen molar-refractivity contribution in [1.29, 1.82) is 0 Å². The lowest BCUT2D eigenvalue weighted by atomic mass is 10.1. The number of halogens is 1. The van der Waals surface area contributed by atoms with E-state index in [0.717, 1.165) is 12.8 Å². The summed E-state index contributed by atoms with van der Waals surface area (Å²) in [6.45, 7) is 5.19. The van der Waals surface area contributed by atoms with Gasteiger partial charge in [0.05, 0.1) is 12.7 Å². The van der Waals surface area contributed by atoms with Crippen LogP contribution in [-0.2, 0) is 4.74 Å². The lowest BCUT2D eigenvalue weighted by Gasteiger charge is -2.10. The summed E-state index contributed by atoms with van der Waals surface area (Å²) in [5, 5.41) is 9.31. The van der Waals surface area contributed by atoms with Crippen molar-refractivity contribution >= 4 is 0 Å². The number of ether oxygens (including phenoxy) is 2. The molecule has 0 radical (unpaired) electrons. The standard InChI is InChI=1S/C14H21FO3/c1-3-4-7-17-8-9-18-14-6-5-12(11(2)16)10-13(14)15/h5-6,10-11,16H,3-4,7-9H2,1-2H3. The van der Waals surface area contributed by atoms with Crippen LogP contribution < -0.4 is 4.74 Å². The first-order valence-corrected chi connectivity index (χ1v) is 6.33. The van der Waals surface area contributed by atoms with Gasteiger partial charge in [-0.25, -0.2) is 4.39 Å². The topological polar surface area (TPSA) is 38.7 Å². The second-order valence-electron chi connectivity index (χ2n) is 4.18. The van der Waals surface area contributed by atoms with Crippen molar-refractivity contribution in [2.75, 3.05) is 19.8 Å². The molecule has 0 fully saturated rings. The van der Waals surface area contributed by atoms with E-state index in [4.69, 9.17) is 9.47 Å². The molecule has 1 rings (SSSR count). The molecule has 0 aliphatic heterocycles. The molecule has 0 heterocycles. The molecule has 1 N–H and O–H groups in total. The van der Waals surface area contributed by atoms with Crippen LogP contribution in [0.5, 0.6) is 5.75 Å². The summed E-state index contributed by atoms with van der Waals surface area (Å²) in [6, 6.07) is 4.47. The molecule has 102 valence electrons. The first-order valence-electron chi connectivity index (χ1n) is 6.33. The van der Waals surface area contributed by atoms with Crippen LogP contribution in [0.15, 0.2) is 18.2 Å². The molecular formula is C14H21FO3. The van der Waals surface area contributed by atoms with Gasteiger partial charge in [-0.05, 0) is 31.0 Å². The zero-order valence-corrected chi connectivity index (χ0v) is 11.0. The average Bonchev–Trinajstić information content (AvgIpc) is 2.35. The maximum atomic E-state index is 13.6. The summed E-state index contributed by atoms with van der Waals surface area (Å²) in [4.78, 5) is 0. The van der Waals surface area contributed by atoms with Crippen molar-refractivity contribution < 1.29 is 19.0 Å². The van der Waals surface area contributed by atoms with Gasteiger partial charge < -0.3 is 14.6 Å². The van der Waals surface area contributed by atoms with Crippen LogP contribution in [0.3, 0.4) is 0 Å². The van der Waals surface area contributed by atoms with Crippen LogP contribution in [-0.4, -0.2) is 24.9 Å². The number of rotatable bonds is 8. The maximum Gasteiger partial charge on any atom is 0.165 e. The number of aliphatic hydroxyl groups excluding tert-OH is 1. The number of aliphatic hydroxyl groups is 1. The molecule has 0 saturated carbocycles. The van der Waals surface area contributed by atoms with Gasteiger partial charge >= 0.3 is 0 Å². The Kier molecular flexibility index (Phi) is 6.68. The summed E-state index contributed by atoms with van der Waals surface area (Å²) in [5.41, 5.74) is 0.541. The van der Waals surface area contributed by atoms with Gasteiger partial charge in [0, 0.05) is 6.61 Å². The van der Waals surface area contributed by atoms with E-state index in [0.29, 0.717) is 25.4 Å². The third-order valence-electron chi connectivity index (χ3n) is 2.57. The van der Waals surface area contributed by atoms with Crippen LogP contribution in [0.2, 0.25) is 0 Å². The highest BCUT2D eigenvalue weighted by Gasteiger charge is 2.07. The van der Waals surface area contributed by atoms with Gasteiger partial charge in [0.2, 0.25) is 0 Å². The van der Waals surface area contributed by atoms with E-state index in [1.54, 1.807) is 13.0 Å². The first-order chi connectivity index (χ1) is 8.65. The number of benzene rings is 1. The van der Waals surface area contributed by atoms with Crippen molar-refractivity contribution in [2.24, 2.45) is 0 Å². The lowest BCUT2D eigenvalue weighted by Crippen LogP contribution is -2.08. The Morgan fingerprint density at radius 2 is 2.06 bits per heavy atom. The van der Waals surface area contributed by atoms with E-state index in [1.165, 1.54) is 12.1 Å². The summed E-state index contributed by atoms with van der Waals surface area (Å²) < 4.78 is 24.1. The molecule has 1 aromatic carbocycles. The third kappa shape index (κ3) is 5.02. The van der Waals surface area contributed by atoms with Crippen molar-refractivity contribution in [1.82, 2.24) is 0 Å². The van der Waals surface area contributed by atoms with E-state index in [9.17, 15) is 9.50 Å². The summed E-state index contributed by atoms with van der Waals surface area (Å²) in [7, 11) is 0. The minimum atomic E-state index is -0.675. The Labute approximate surface area is 108 Å². The molecular weight excluding hydrogens is 235 g/mol. The minimum Gasteiger partial charge on any atom is -0.488 e. The molecule has 4 heteroatoms. The average molecular weight is 256 g/mol. The van der Waals surface area contributed by atoms with Crippen LogP contribution >= 0.6 is 0 Å². The van der Waals surface area contributed by atoms with Crippen molar-refractivity contribution in [3.05, 3.63) is 29.6 Å².